The maximum Gasteiger partial charge on any atom is 0.238 e. The number of piperazine rings is 1. The Hall–Kier alpha value is -2.90. The van der Waals surface area contributed by atoms with Crippen LogP contribution in [-0.4, -0.2) is 64.4 Å². The second-order valence-electron chi connectivity index (χ2n) is 7.23. The molecule has 1 aliphatic rings. The lowest BCUT2D eigenvalue weighted by Crippen LogP contribution is -2.48. The van der Waals surface area contributed by atoms with Gasteiger partial charge in [0.1, 0.15) is 11.4 Å². The number of fused-ring (bicyclic) bond motifs is 1. The Morgan fingerprint density at radius 3 is 2.62 bits per heavy atom. The van der Waals surface area contributed by atoms with Crippen LogP contribution in [0.5, 0.6) is 5.75 Å². The molecule has 4 rings (SSSR count). The molecule has 0 bridgehead atoms. The number of anilines is 1. The summed E-state index contributed by atoms with van der Waals surface area (Å²) in [5, 5.41) is 2.98. The van der Waals surface area contributed by atoms with Crippen LogP contribution >= 0.6 is 0 Å². The number of hydrogen-bond acceptors (Lipinski definition) is 5. The lowest BCUT2D eigenvalue weighted by Gasteiger charge is -2.33. The highest BCUT2D eigenvalue weighted by Gasteiger charge is 2.20. The molecule has 1 aromatic carbocycles. The highest BCUT2D eigenvalue weighted by molar-refractivity contribution is 5.93. The molecular formula is C22H27N5O2. The summed E-state index contributed by atoms with van der Waals surface area (Å²) in [5.41, 5.74) is 2.78. The third-order valence-corrected chi connectivity index (χ3v) is 5.09. The molecule has 0 spiro atoms. The smallest absolute Gasteiger partial charge is 0.238 e. The van der Waals surface area contributed by atoms with Gasteiger partial charge >= 0.3 is 0 Å². The second kappa shape index (κ2) is 9.07. The molecule has 29 heavy (non-hydrogen) atoms. The summed E-state index contributed by atoms with van der Waals surface area (Å²) in [5.74, 6) is 0.701. The van der Waals surface area contributed by atoms with E-state index >= 15 is 0 Å². The van der Waals surface area contributed by atoms with Crippen molar-refractivity contribution < 1.29 is 9.53 Å². The molecule has 0 aliphatic carbocycles. The van der Waals surface area contributed by atoms with Crippen molar-refractivity contribution in [2.45, 2.75) is 13.5 Å². The zero-order valence-electron chi connectivity index (χ0n) is 16.8. The minimum Gasteiger partial charge on any atom is -0.492 e. The monoisotopic (exact) mass is 393 g/mol. The van der Waals surface area contributed by atoms with E-state index in [-0.39, 0.29) is 5.91 Å². The van der Waals surface area contributed by atoms with Gasteiger partial charge in [-0.25, -0.2) is 4.98 Å². The number of carbonyl (C=O) groups excluding carboxylic acids is 1. The van der Waals surface area contributed by atoms with E-state index in [2.05, 4.69) is 30.7 Å². The van der Waals surface area contributed by atoms with Crippen LogP contribution in [0.25, 0.3) is 5.65 Å². The van der Waals surface area contributed by atoms with E-state index in [1.807, 2.05) is 55.6 Å². The van der Waals surface area contributed by atoms with Gasteiger partial charge in [0, 0.05) is 45.1 Å². The average Bonchev–Trinajstić information content (AvgIpc) is 3.13. The van der Waals surface area contributed by atoms with Gasteiger partial charge in [0.25, 0.3) is 0 Å². The van der Waals surface area contributed by atoms with Gasteiger partial charge in [-0.05, 0) is 31.2 Å². The van der Waals surface area contributed by atoms with Gasteiger partial charge in [-0.15, -0.1) is 0 Å². The number of rotatable bonds is 7. The Balaban J connectivity index is 1.26. The molecular weight excluding hydrogens is 366 g/mol. The minimum absolute atomic E-state index is 0.00838. The van der Waals surface area contributed by atoms with E-state index < -0.39 is 0 Å². The van der Waals surface area contributed by atoms with Crippen LogP contribution in [0.1, 0.15) is 12.6 Å². The molecule has 1 fully saturated rings. The maximum absolute atomic E-state index is 12.5. The summed E-state index contributed by atoms with van der Waals surface area (Å²) in [6, 6.07) is 13.6. The van der Waals surface area contributed by atoms with E-state index in [0.717, 1.165) is 49.8 Å². The molecule has 2 aromatic heterocycles. The lowest BCUT2D eigenvalue weighted by atomic mass is 10.2. The summed E-state index contributed by atoms with van der Waals surface area (Å²) in [6.07, 6.45) is 4.11. The van der Waals surface area contributed by atoms with E-state index in [1.54, 1.807) is 0 Å². The number of pyridine rings is 1. The Kier molecular flexibility index (Phi) is 6.07. The molecule has 1 aliphatic heterocycles. The normalized spacial score (nSPS) is 15.5. The number of ether oxygens (including phenoxy) is 1. The topological polar surface area (TPSA) is 62.1 Å². The molecule has 0 unspecified atom stereocenters. The molecule has 1 saturated heterocycles. The lowest BCUT2D eigenvalue weighted by molar-refractivity contribution is -0.117. The first-order valence-electron chi connectivity index (χ1n) is 10.1. The Morgan fingerprint density at radius 1 is 1.07 bits per heavy atom. The van der Waals surface area contributed by atoms with Crippen molar-refractivity contribution in [1.29, 1.82) is 0 Å². The summed E-state index contributed by atoms with van der Waals surface area (Å²) in [6.45, 7) is 7.33. The number of nitrogens with one attached hydrogen (secondary N) is 1. The number of amides is 1. The standard InChI is InChI=1S/C22H27N5O2/c1-2-29-20-8-4-3-7-19(20)24-22(28)17-26-13-11-25(12-14-26)15-18-16-27-10-6-5-9-21(27)23-18/h3-10,16H,2,11-15,17H2,1H3,(H,24,28). The fraction of sp³-hybridized carbons (Fsp3) is 0.364. The van der Waals surface area contributed by atoms with E-state index in [9.17, 15) is 4.79 Å². The van der Waals surface area contributed by atoms with E-state index in [4.69, 9.17) is 4.74 Å². The fourth-order valence-electron chi connectivity index (χ4n) is 3.64. The number of hydrogen-bond donors (Lipinski definition) is 1. The highest BCUT2D eigenvalue weighted by atomic mass is 16.5. The first kappa shape index (κ1) is 19.4. The van der Waals surface area contributed by atoms with Crippen LogP contribution < -0.4 is 10.1 Å². The van der Waals surface area contributed by atoms with Crippen LogP contribution in [0.3, 0.4) is 0 Å². The van der Waals surface area contributed by atoms with Gasteiger partial charge in [-0.1, -0.05) is 18.2 Å². The number of imidazole rings is 1. The Bertz CT molecular complexity index is 930. The van der Waals surface area contributed by atoms with Crippen molar-refractivity contribution in [2.24, 2.45) is 0 Å². The van der Waals surface area contributed by atoms with Crippen LogP contribution in [0.2, 0.25) is 0 Å². The Morgan fingerprint density at radius 2 is 1.83 bits per heavy atom. The quantitative estimate of drug-likeness (QED) is 0.668. The molecule has 3 aromatic rings. The third kappa shape index (κ3) is 4.93. The fourth-order valence-corrected chi connectivity index (χ4v) is 3.64. The van der Waals surface area contributed by atoms with Gasteiger partial charge in [-0.3, -0.25) is 14.6 Å². The van der Waals surface area contributed by atoms with Crippen LogP contribution in [0, 0.1) is 0 Å². The third-order valence-electron chi connectivity index (χ3n) is 5.09. The molecule has 7 heteroatoms. The number of aromatic nitrogens is 2. The first-order valence-corrected chi connectivity index (χ1v) is 10.1. The number of nitrogens with zero attached hydrogens (tertiary/aromatic N) is 4. The molecule has 0 saturated carbocycles. The highest BCUT2D eigenvalue weighted by Crippen LogP contribution is 2.23. The zero-order valence-corrected chi connectivity index (χ0v) is 16.8. The number of para-hydroxylation sites is 2. The largest absolute Gasteiger partial charge is 0.492 e. The summed E-state index contributed by atoms with van der Waals surface area (Å²) in [4.78, 5) is 21.7. The first-order chi connectivity index (χ1) is 14.2. The summed E-state index contributed by atoms with van der Waals surface area (Å²) < 4.78 is 7.63. The van der Waals surface area contributed by atoms with Crippen LogP contribution in [0.15, 0.2) is 54.9 Å². The van der Waals surface area contributed by atoms with Gasteiger partial charge in [0.2, 0.25) is 5.91 Å². The minimum atomic E-state index is -0.00838. The molecule has 7 nitrogen and oxygen atoms in total. The van der Waals surface area contributed by atoms with Gasteiger partial charge in [-0.2, -0.15) is 0 Å². The van der Waals surface area contributed by atoms with E-state index in [1.165, 1.54) is 0 Å². The molecule has 152 valence electrons. The van der Waals surface area contributed by atoms with Crippen molar-refractivity contribution in [3.8, 4) is 5.75 Å². The van der Waals surface area contributed by atoms with Crippen LogP contribution in [0.4, 0.5) is 5.69 Å². The number of benzene rings is 1. The predicted octanol–water partition coefficient (Wildman–Crippen LogP) is 2.49. The molecule has 1 amide bonds. The van der Waals surface area contributed by atoms with E-state index in [0.29, 0.717) is 18.9 Å². The van der Waals surface area contributed by atoms with Crippen molar-refractivity contribution >= 4 is 17.2 Å². The van der Waals surface area contributed by atoms with Gasteiger partial charge in [0.15, 0.2) is 0 Å². The van der Waals surface area contributed by atoms with Crippen molar-refractivity contribution in [1.82, 2.24) is 19.2 Å². The van der Waals surface area contributed by atoms with Crippen molar-refractivity contribution in [2.75, 3.05) is 44.6 Å². The van der Waals surface area contributed by atoms with Gasteiger partial charge < -0.3 is 14.5 Å². The summed E-state index contributed by atoms with van der Waals surface area (Å²) in [7, 11) is 0. The van der Waals surface area contributed by atoms with Gasteiger partial charge in [0.05, 0.1) is 24.5 Å². The van der Waals surface area contributed by atoms with Crippen LogP contribution in [-0.2, 0) is 11.3 Å². The average molecular weight is 393 g/mol. The van der Waals surface area contributed by atoms with Crippen molar-refractivity contribution in [3.63, 3.8) is 0 Å². The maximum atomic E-state index is 12.5. The zero-order chi connectivity index (χ0) is 20.1. The Labute approximate surface area is 170 Å². The van der Waals surface area contributed by atoms with Crippen molar-refractivity contribution in [3.05, 3.63) is 60.6 Å². The molecule has 1 N–H and O–H groups in total. The summed E-state index contributed by atoms with van der Waals surface area (Å²) >= 11 is 0. The molecule has 0 radical (unpaired) electrons. The molecule has 0 atom stereocenters. The second-order valence-corrected chi connectivity index (χ2v) is 7.23. The SMILES string of the molecule is CCOc1ccccc1NC(=O)CN1CCN(Cc2cn3ccccc3n2)CC1. The predicted molar refractivity (Wildman–Crippen MR) is 113 cm³/mol. The molecule has 3 heterocycles. The number of carbonyl (C=O) groups is 1.